The van der Waals surface area contributed by atoms with Crippen LogP contribution < -0.4 is 5.56 Å². The lowest BCUT2D eigenvalue weighted by atomic mass is 9.95. The molecule has 0 saturated heterocycles. The van der Waals surface area contributed by atoms with Crippen LogP contribution in [-0.2, 0) is 19.6 Å². The number of hydrogen-bond acceptors (Lipinski definition) is 5. The minimum Gasteiger partial charge on any atom is -0.392 e. The van der Waals surface area contributed by atoms with Crippen molar-refractivity contribution >= 4 is 11.3 Å². The van der Waals surface area contributed by atoms with E-state index in [0.29, 0.717) is 12.1 Å². The molecule has 4 heterocycles. The van der Waals surface area contributed by atoms with E-state index in [4.69, 9.17) is 0 Å². The number of aromatic nitrogens is 3. The number of rotatable bonds is 3. The van der Waals surface area contributed by atoms with Gasteiger partial charge in [-0.1, -0.05) is 24.3 Å². The highest BCUT2D eigenvalue weighted by Crippen LogP contribution is 2.37. The van der Waals surface area contributed by atoms with Gasteiger partial charge in [-0.05, 0) is 48.6 Å². The fraction of sp³-hybridized carbons (Fsp3) is 0.208. The van der Waals surface area contributed by atoms with Crippen molar-refractivity contribution in [1.29, 1.82) is 0 Å². The van der Waals surface area contributed by atoms with Gasteiger partial charge in [0.2, 0.25) is 0 Å². The van der Waals surface area contributed by atoms with Crippen LogP contribution in [0.4, 0.5) is 0 Å². The van der Waals surface area contributed by atoms with E-state index in [1.165, 1.54) is 16.9 Å². The molecule has 0 amide bonds. The Hall–Kier alpha value is -3.09. The second kappa shape index (κ2) is 7.63. The average molecular weight is 416 g/mol. The summed E-state index contributed by atoms with van der Waals surface area (Å²) < 4.78 is 1.90. The van der Waals surface area contributed by atoms with Crippen LogP contribution in [0.5, 0.6) is 0 Å². The van der Waals surface area contributed by atoms with Gasteiger partial charge >= 0.3 is 0 Å². The number of pyridine rings is 2. The van der Waals surface area contributed by atoms with Crippen molar-refractivity contribution in [2.24, 2.45) is 0 Å². The predicted octanol–water partition coefficient (Wildman–Crippen LogP) is 4.45. The summed E-state index contributed by atoms with van der Waals surface area (Å²) in [6.45, 7) is 2.60. The van der Waals surface area contributed by atoms with Gasteiger partial charge in [0.25, 0.3) is 5.56 Å². The summed E-state index contributed by atoms with van der Waals surface area (Å²) >= 11 is 1.50. The Morgan fingerprint density at radius 3 is 2.70 bits per heavy atom. The third kappa shape index (κ3) is 3.18. The van der Waals surface area contributed by atoms with Crippen LogP contribution in [0.2, 0.25) is 0 Å². The molecule has 5 nitrogen and oxygen atoms in total. The second-order valence-corrected chi connectivity index (χ2v) is 8.42. The first-order valence-corrected chi connectivity index (χ1v) is 10.9. The van der Waals surface area contributed by atoms with Gasteiger partial charge in [-0.2, -0.15) is 0 Å². The standard InChI is InChI=1S/C24H21N3O2S/c1-15-14-30-23(26-15)20-11-19(18-6-4-16(13-28)5-7-18)22-21-12-25-9-8-17(21)3-2-10-27(22)24(20)29/h4-9,11-12,14,28H,2-3,10,13H2,1H3. The van der Waals surface area contributed by atoms with Gasteiger partial charge in [0, 0.05) is 41.1 Å². The van der Waals surface area contributed by atoms with E-state index in [-0.39, 0.29) is 12.2 Å². The summed E-state index contributed by atoms with van der Waals surface area (Å²) in [7, 11) is 0. The lowest BCUT2D eigenvalue weighted by Crippen LogP contribution is -2.23. The zero-order valence-electron chi connectivity index (χ0n) is 16.6. The zero-order valence-corrected chi connectivity index (χ0v) is 17.4. The molecule has 6 heteroatoms. The van der Waals surface area contributed by atoms with Crippen molar-refractivity contribution in [3.05, 3.63) is 81.3 Å². The Bertz CT molecular complexity index is 1290. The third-order valence-electron chi connectivity index (χ3n) is 5.58. The van der Waals surface area contributed by atoms with Crippen LogP contribution in [0.15, 0.2) is 59.0 Å². The number of nitrogens with zero attached hydrogens (tertiary/aromatic N) is 3. The Morgan fingerprint density at radius 2 is 1.97 bits per heavy atom. The molecule has 0 fully saturated rings. The van der Waals surface area contributed by atoms with Gasteiger partial charge in [0.15, 0.2) is 0 Å². The molecule has 0 spiro atoms. The number of aryl methyl sites for hydroxylation is 2. The summed E-state index contributed by atoms with van der Waals surface area (Å²) in [6.07, 6.45) is 5.49. The first-order valence-electron chi connectivity index (χ1n) is 9.99. The van der Waals surface area contributed by atoms with Crippen LogP contribution in [0.25, 0.3) is 33.0 Å². The van der Waals surface area contributed by atoms with Gasteiger partial charge in [-0.15, -0.1) is 11.3 Å². The second-order valence-electron chi connectivity index (χ2n) is 7.56. The predicted molar refractivity (Wildman–Crippen MR) is 119 cm³/mol. The van der Waals surface area contributed by atoms with Gasteiger partial charge in [0.1, 0.15) is 5.01 Å². The van der Waals surface area contributed by atoms with Gasteiger partial charge in [-0.25, -0.2) is 4.98 Å². The highest BCUT2D eigenvalue weighted by molar-refractivity contribution is 7.13. The molecule has 0 bridgehead atoms. The van der Waals surface area contributed by atoms with Gasteiger partial charge in [0.05, 0.1) is 17.9 Å². The Labute approximate surface area is 178 Å². The van der Waals surface area contributed by atoms with Crippen molar-refractivity contribution in [2.45, 2.75) is 32.9 Å². The maximum atomic E-state index is 13.5. The first-order chi connectivity index (χ1) is 14.7. The van der Waals surface area contributed by atoms with Gasteiger partial charge < -0.3 is 9.67 Å². The van der Waals surface area contributed by atoms with Crippen LogP contribution in [-0.4, -0.2) is 19.6 Å². The van der Waals surface area contributed by atoms with Crippen LogP contribution >= 0.6 is 11.3 Å². The van der Waals surface area contributed by atoms with E-state index in [9.17, 15) is 9.90 Å². The number of thiazole rings is 1. The average Bonchev–Trinajstić information content (AvgIpc) is 3.11. The SMILES string of the molecule is Cc1csc(-c2cc(-c3ccc(CO)cc3)c3n(c2=O)CCCc2ccncc2-3)n1. The third-order valence-corrected chi connectivity index (χ3v) is 6.57. The maximum absolute atomic E-state index is 13.5. The summed E-state index contributed by atoms with van der Waals surface area (Å²) in [6, 6.07) is 11.9. The molecular formula is C24H21N3O2S. The normalized spacial score (nSPS) is 12.9. The van der Waals surface area contributed by atoms with Crippen molar-refractivity contribution < 1.29 is 5.11 Å². The number of benzene rings is 1. The molecule has 3 aromatic heterocycles. The molecule has 1 aliphatic rings. The number of aliphatic hydroxyl groups excluding tert-OH is 1. The van der Waals surface area contributed by atoms with E-state index < -0.39 is 0 Å². The van der Waals surface area contributed by atoms with Crippen LogP contribution in [0, 0.1) is 6.92 Å². The van der Waals surface area contributed by atoms with E-state index >= 15 is 0 Å². The Balaban J connectivity index is 1.85. The minimum absolute atomic E-state index is 0.00301. The fourth-order valence-electron chi connectivity index (χ4n) is 4.09. The molecule has 30 heavy (non-hydrogen) atoms. The van der Waals surface area contributed by atoms with Crippen LogP contribution in [0.1, 0.15) is 23.2 Å². The summed E-state index contributed by atoms with van der Waals surface area (Å²) in [5.41, 5.74) is 7.51. The monoisotopic (exact) mass is 415 g/mol. The highest BCUT2D eigenvalue weighted by atomic mass is 32.1. The van der Waals surface area contributed by atoms with E-state index in [1.54, 1.807) is 0 Å². The van der Waals surface area contributed by atoms with Crippen molar-refractivity contribution in [1.82, 2.24) is 14.5 Å². The molecule has 0 aliphatic carbocycles. The molecule has 1 aliphatic heterocycles. The first kappa shape index (κ1) is 18.9. The molecule has 0 atom stereocenters. The Morgan fingerprint density at radius 1 is 1.13 bits per heavy atom. The molecule has 5 rings (SSSR count). The van der Waals surface area contributed by atoms with E-state index in [1.807, 2.05) is 65.7 Å². The summed E-state index contributed by atoms with van der Waals surface area (Å²) in [5.74, 6) is 0. The quantitative estimate of drug-likeness (QED) is 0.537. The summed E-state index contributed by atoms with van der Waals surface area (Å²) in [5, 5.41) is 12.1. The molecule has 150 valence electrons. The van der Waals surface area contributed by atoms with E-state index in [2.05, 4.69) is 9.97 Å². The van der Waals surface area contributed by atoms with Crippen LogP contribution in [0.3, 0.4) is 0 Å². The largest absolute Gasteiger partial charge is 0.392 e. The fourth-order valence-corrected chi connectivity index (χ4v) is 4.90. The lowest BCUT2D eigenvalue weighted by Gasteiger charge is -2.18. The highest BCUT2D eigenvalue weighted by Gasteiger charge is 2.23. The topological polar surface area (TPSA) is 68.0 Å². The lowest BCUT2D eigenvalue weighted by molar-refractivity contribution is 0.282. The minimum atomic E-state index is -0.00761. The van der Waals surface area contributed by atoms with Gasteiger partial charge in [-0.3, -0.25) is 9.78 Å². The van der Waals surface area contributed by atoms with Crippen molar-refractivity contribution in [2.75, 3.05) is 0 Å². The summed E-state index contributed by atoms with van der Waals surface area (Å²) in [4.78, 5) is 22.5. The smallest absolute Gasteiger partial charge is 0.261 e. The van der Waals surface area contributed by atoms with Crippen molar-refractivity contribution in [3.8, 4) is 33.0 Å². The molecule has 0 saturated carbocycles. The number of hydrogen-bond donors (Lipinski definition) is 1. The molecular weight excluding hydrogens is 394 g/mol. The molecule has 0 radical (unpaired) electrons. The maximum Gasteiger partial charge on any atom is 0.261 e. The molecule has 1 aromatic carbocycles. The zero-order chi connectivity index (χ0) is 20.7. The number of fused-ring (bicyclic) bond motifs is 3. The number of aliphatic hydroxyl groups is 1. The molecule has 4 aromatic rings. The van der Waals surface area contributed by atoms with E-state index in [0.717, 1.165) is 51.5 Å². The van der Waals surface area contributed by atoms with Crippen molar-refractivity contribution in [3.63, 3.8) is 0 Å². The Kier molecular flexibility index (Phi) is 4.81. The molecule has 1 N–H and O–H groups in total. The molecule has 0 unspecified atom stereocenters.